The summed E-state index contributed by atoms with van der Waals surface area (Å²) in [6, 6.07) is 15.8. The minimum Gasteiger partial charge on any atom is -0.493 e. The third-order valence-electron chi connectivity index (χ3n) is 3.08. The topological polar surface area (TPSA) is 66.0 Å². The zero-order valence-corrected chi connectivity index (χ0v) is 11.6. The minimum atomic E-state index is -0.399. The summed E-state index contributed by atoms with van der Waals surface area (Å²) in [7, 11) is 0. The van der Waals surface area contributed by atoms with Crippen molar-refractivity contribution in [1.29, 1.82) is 0 Å². The van der Waals surface area contributed by atoms with Crippen molar-refractivity contribution in [2.24, 2.45) is 0 Å². The van der Waals surface area contributed by atoms with Crippen molar-refractivity contribution < 1.29 is 5.11 Å². The Hall–Kier alpha value is -2.59. The molecule has 0 radical (unpaired) electrons. The van der Waals surface area contributed by atoms with E-state index in [1.165, 1.54) is 0 Å². The molecule has 0 saturated heterocycles. The standard InChI is InChI=1S/C16H11ClN2O2/c17-12-8-6-10(7-9-12)13-15(20)18-14(19-16(13)21)11-4-2-1-3-5-11/h1-9H,(H2,18,19,20,21). The molecule has 0 atom stereocenters. The van der Waals surface area contributed by atoms with Gasteiger partial charge in [-0.1, -0.05) is 54.1 Å². The van der Waals surface area contributed by atoms with Crippen molar-refractivity contribution in [2.75, 3.05) is 0 Å². The molecule has 0 bridgehead atoms. The maximum absolute atomic E-state index is 12.2. The number of aromatic hydroxyl groups is 1. The molecule has 0 spiro atoms. The van der Waals surface area contributed by atoms with Crippen molar-refractivity contribution in [3.05, 3.63) is 70.0 Å². The van der Waals surface area contributed by atoms with E-state index in [2.05, 4.69) is 9.97 Å². The largest absolute Gasteiger partial charge is 0.493 e. The van der Waals surface area contributed by atoms with Crippen LogP contribution in [-0.2, 0) is 0 Å². The predicted octanol–water partition coefficient (Wildman–Crippen LogP) is 3.46. The first-order chi connectivity index (χ1) is 10.1. The number of aromatic amines is 1. The molecule has 2 aromatic carbocycles. The van der Waals surface area contributed by atoms with Crippen LogP contribution in [0.2, 0.25) is 5.02 Å². The summed E-state index contributed by atoms with van der Waals surface area (Å²) < 4.78 is 0. The molecular weight excluding hydrogens is 288 g/mol. The summed E-state index contributed by atoms with van der Waals surface area (Å²) in [6.07, 6.45) is 0. The third-order valence-corrected chi connectivity index (χ3v) is 3.33. The van der Waals surface area contributed by atoms with Gasteiger partial charge in [-0.25, -0.2) is 0 Å². The molecule has 0 amide bonds. The molecule has 0 aliphatic carbocycles. The van der Waals surface area contributed by atoms with Gasteiger partial charge < -0.3 is 10.1 Å². The van der Waals surface area contributed by atoms with E-state index in [-0.39, 0.29) is 11.4 Å². The van der Waals surface area contributed by atoms with Gasteiger partial charge in [-0.3, -0.25) is 4.79 Å². The number of nitrogens with one attached hydrogen (secondary N) is 1. The first-order valence-electron chi connectivity index (χ1n) is 6.30. The molecule has 3 rings (SSSR count). The maximum Gasteiger partial charge on any atom is 0.262 e. The molecule has 1 heterocycles. The van der Waals surface area contributed by atoms with Crippen LogP contribution < -0.4 is 5.56 Å². The van der Waals surface area contributed by atoms with Crippen LogP contribution in [0.1, 0.15) is 0 Å². The first kappa shape index (κ1) is 13.4. The summed E-state index contributed by atoms with van der Waals surface area (Å²) in [5, 5.41) is 10.7. The lowest BCUT2D eigenvalue weighted by Gasteiger charge is -2.06. The van der Waals surface area contributed by atoms with E-state index in [1.807, 2.05) is 18.2 Å². The van der Waals surface area contributed by atoms with Crippen LogP contribution in [-0.4, -0.2) is 15.1 Å². The molecule has 0 aliphatic rings. The predicted molar refractivity (Wildman–Crippen MR) is 82.4 cm³/mol. The molecule has 3 aromatic rings. The number of rotatable bonds is 2. The van der Waals surface area contributed by atoms with Gasteiger partial charge in [-0.15, -0.1) is 0 Å². The average Bonchev–Trinajstić information content (AvgIpc) is 2.49. The van der Waals surface area contributed by atoms with E-state index in [1.54, 1.807) is 36.4 Å². The molecule has 0 fully saturated rings. The molecule has 0 aliphatic heterocycles. The monoisotopic (exact) mass is 298 g/mol. The fourth-order valence-electron chi connectivity index (χ4n) is 2.07. The molecule has 21 heavy (non-hydrogen) atoms. The second kappa shape index (κ2) is 5.42. The fraction of sp³-hybridized carbons (Fsp3) is 0. The SMILES string of the molecule is O=c1[nH]c(-c2ccccc2)nc(O)c1-c1ccc(Cl)cc1. The van der Waals surface area contributed by atoms with Crippen molar-refractivity contribution in [1.82, 2.24) is 9.97 Å². The smallest absolute Gasteiger partial charge is 0.262 e. The minimum absolute atomic E-state index is 0.131. The van der Waals surface area contributed by atoms with Crippen LogP contribution in [0, 0.1) is 0 Å². The van der Waals surface area contributed by atoms with E-state index in [9.17, 15) is 9.90 Å². The molecule has 5 heteroatoms. The Morgan fingerprint density at radius 2 is 1.62 bits per heavy atom. The van der Waals surface area contributed by atoms with E-state index in [0.29, 0.717) is 16.4 Å². The number of benzene rings is 2. The lowest BCUT2D eigenvalue weighted by molar-refractivity contribution is 0.454. The summed E-state index contributed by atoms with van der Waals surface area (Å²) in [4.78, 5) is 19.0. The first-order valence-corrected chi connectivity index (χ1v) is 6.67. The van der Waals surface area contributed by atoms with Crippen LogP contribution in [0.3, 0.4) is 0 Å². The number of aromatic nitrogens is 2. The average molecular weight is 299 g/mol. The van der Waals surface area contributed by atoms with Gasteiger partial charge in [0.05, 0.1) is 0 Å². The summed E-state index contributed by atoms with van der Waals surface area (Å²) in [5.74, 6) is 0.0238. The summed E-state index contributed by atoms with van der Waals surface area (Å²) in [5.41, 5.74) is 1.02. The maximum atomic E-state index is 12.2. The van der Waals surface area contributed by atoms with Gasteiger partial charge in [0.25, 0.3) is 5.56 Å². The lowest BCUT2D eigenvalue weighted by Crippen LogP contribution is -2.12. The van der Waals surface area contributed by atoms with E-state index < -0.39 is 5.56 Å². The highest BCUT2D eigenvalue weighted by Crippen LogP contribution is 2.26. The van der Waals surface area contributed by atoms with Crippen molar-refractivity contribution in [2.45, 2.75) is 0 Å². The highest BCUT2D eigenvalue weighted by molar-refractivity contribution is 6.30. The molecule has 1 aromatic heterocycles. The normalized spacial score (nSPS) is 10.5. The summed E-state index contributed by atoms with van der Waals surface area (Å²) >= 11 is 5.82. The second-order valence-electron chi connectivity index (χ2n) is 4.49. The Bertz CT molecular complexity index is 827. The van der Waals surface area contributed by atoms with Crippen LogP contribution in [0.15, 0.2) is 59.4 Å². The molecule has 4 nitrogen and oxygen atoms in total. The number of H-pyrrole nitrogens is 1. The number of hydrogen-bond acceptors (Lipinski definition) is 3. The van der Waals surface area contributed by atoms with Crippen LogP contribution >= 0.6 is 11.6 Å². The molecular formula is C16H11ClN2O2. The van der Waals surface area contributed by atoms with Crippen molar-refractivity contribution in [3.63, 3.8) is 0 Å². The highest BCUT2D eigenvalue weighted by atomic mass is 35.5. The quantitative estimate of drug-likeness (QED) is 0.761. The van der Waals surface area contributed by atoms with Gasteiger partial charge in [0, 0.05) is 10.6 Å². The highest BCUT2D eigenvalue weighted by Gasteiger charge is 2.13. The Morgan fingerprint density at radius 1 is 0.952 bits per heavy atom. The van der Waals surface area contributed by atoms with Gasteiger partial charge >= 0.3 is 0 Å². The van der Waals surface area contributed by atoms with Gasteiger partial charge in [0.1, 0.15) is 11.4 Å². The Kier molecular flexibility index (Phi) is 3.46. The van der Waals surface area contributed by atoms with Gasteiger partial charge in [0.15, 0.2) is 0 Å². The molecule has 2 N–H and O–H groups in total. The van der Waals surface area contributed by atoms with Crippen molar-refractivity contribution >= 4 is 11.6 Å². The Morgan fingerprint density at radius 3 is 2.24 bits per heavy atom. The molecule has 0 saturated carbocycles. The second-order valence-corrected chi connectivity index (χ2v) is 4.92. The fourth-order valence-corrected chi connectivity index (χ4v) is 2.20. The number of halogens is 1. The number of hydrogen-bond donors (Lipinski definition) is 2. The van der Waals surface area contributed by atoms with Crippen LogP contribution in [0.4, 0.5) is 0 Å². The zero-order valence-electron chi connectivity index (χ0n) is 10.9. The van der Waals surface area contributed by atoms with Crippen molar-refractivity contribution in [3.8, 4) is 28.4 Å². The van der Waals surface area contributed by atoms with Crippen LogP contribution in [0.5, 0.6) is 5.88 Å². The molecule has 104 valence electrons. The Balaban J connectivity index is 2.13. The van der Waals surface area contributed by atoms with Gasteiger partial charge in [-0.2, -0.15) is 4.98 Å². The van der Waals surface area contributed by atoms with Gasteiger partial charge in [0.2, 0.25) is 5.88 Å². The van der Waals surface area contributed by atoms with E-state index in [4.69, 9.17) is 11.6 Å². The summed E-state index contributed by atoms with van der Waals surface area (Å²) in [6.45, 7) is 0. The van der Waals surface area contributed by atoms with Gasteiger partial charge in [-0.05, 0) is 17.7 Å². The zero-order chi connectivity index (χ0) is 14.8. The number of nitrogens with zero attached hydrogens (tertiary/aromatic N) is 1. The Labute approximate surface area is 125 Å². The van der Waals surface area contributed by atoms with Crippen LogP contribution in [0.25, 0.3) is 22.5 Å². The third kappa shape index (κ3) is 2.66. The van der Waals surface area contributed by atoms with E-state index >= 15 is 0 Å². The lowest BCUT2D eigenvalue weighted by atomic mass is 10.1. The molecule has 0 unspecified atom stereocenters. The van der Waals surface area contributed by atoms with E-state index in [0.717, 1.165) is 5.56 Å².